The summed E-state index contributed by atoms with van der Waals surface area (Å²) in [5.41, 5.74) is 2.55. The zero-order valence-electron chi connectivity index (χ0n) is 16.1. The van der Waals surface area contributed by atoms with Crippen LogP contribution in [0.25, 0.3) is 0 Å². The van der Waals surface area contributed by atoms with Gasteiger partial charge in [0.2, 0.25) is 0 Å². The second-order valence-electron chi connectivity index (χ2n) is 8.25. The smallest absolute Gasteiger partial charge is 0.337 e. The molecule has 140 valence electrons. The number of rotatable bonds is 2. The first kappa shape index (κ1) is 19.7. The van der Waals surface area contributed by atoms with Crippen LogP contribution in [-0.4, -0.2) is 24.6 Å². The molecule has 0 aromatic rings. The van der Waals surface area contributed by atoms with E-state index < -0.39 is 18.0 Å². The average Bonchev–Trinajstić information content (AvgIpc) is 2.93. The van der Waals surface area contributed by atoms with Gasteiger partial charge in [-0.2, -0.15) is 0 Å². The first-order valence-corrected chi connectivity index (χ1v) is 9.41. The summed E-state index contributed by atoms with van der Waals surface area (Å²) in [5, 5.41) is 0. The Morgan fingerprint density at radius 2 is 2.12 bits per heavy atom. The van der Waals surface area contributed by atoms with Crippen LogP contribution in [0.4, 0.5) is 0 Å². The summed E-state index contributed by atoms with van der Waals surface area (Å²) in [7, 11) is 0. The van der Waals surface area contributed by atoms with Crippen molar-refractivity contribution < 1.29 is 19.1 Å². The zero-order chi connectivity index (χ0) is 18.6. The normalized spacial score (nSPS) is 28.7. The van der Waals surface area contributed by atoms with Gasteiger partial charge in [0.15, 0.2) is 0 Å². The standard InChI is InChI=1S/C13H22.C8H10O4/c1-10-6-7-12-11(9-10)5-4-8-13(12,2)3;1-5(12-6(2)9)7-3-4-11-8(7)10/h11-12H,1,4-9H2,2-3H3;3,5H,4H2,1-2H3. The van der Waals surface area contributed by atoms with Crippen molar-refractivity contribution >= 4 is 11.9 Å². The Bertz CT molecular complexity index is 558. The number of ether oxygens (including phenoxy) is 2. The van der Waals surface area contributed by atoms with E-state index in [0.29, 0.717) is 11.0 Å². The molecule has 0 N–H and O–H groups in total. The molecule has 0 saturated heterocycles. The number of carbonyl (C=O) groups excluding carboxylic acids is 2. The molecular formula is C21H32O4. The molecule has 1 aliphatic heterocycles. The molecule has 0 radical (unpaired) electrons. The van der Waals surface area contributed by atoms with E-state index in [1.807, 2.05) is 0 Å². The number of esters is 2. The molecule has 3 aliphatic rings. The van der Waals surface area contributed by atoms with E-state index in [1.165, 1.54) is 51.0 Å². The van der Waals surface area contributed by atoms with Gasteiger partial charge in [-0.3, -0.25) is 4.79 Å². The van der Waals surface area contributed by atoms with Gasteiger partial charge in [0, 0.05) is 6.92 Å². The fourth-order valence-electron chi connectivity index (χ4n) is 4.57. The number of hydrogen-bond donors (Lipinski definition) is 0. The van der Waals surface area contributed by atoms with E-state index in [-0.39, 0.29) is 6.61 Å². The van der Waals surface area contributed by atoms with Crippen LogP contribution >= 0.6 is 0 Å². The van der Waals surface area contributed by atoms with E-state index >= 15 is 0 Å². The molecule has 2 aliphatic carbocycles. The van der Waals surface area contributed by atoms with Gasteiger partial charge < -0.3 is 9.47 Å². The quantitative estimate of drug-likeness (QED) is 0.541. The molecule has 2 saturated carbocycles. The first-order valence-electron chi connectivity index (χ1n) is 9.41. The van der Waals surface area contributed by atoms with Crippen molar-refractivity contribution in [3.8, 4) is 0 Å². The Hall–Kier alpha value is -1.58. The molecule has 0 aromatic carbocycles. The second-order valence-corrected chi connectivity index (χ2v) is 8.25. The molecule has 1 heterocycles. The number of hydrogen-bond acceptors (Lipinski definition) is 4. The van der Waals surface area contributed by atoms with Gasteiger partial charge in [0.1, 0.15) is 12.7 Å². The lowest BCUT2D eigenvalue weighted by atomic mass is 9.58. The largest absolute Gasteiger partial charge is 0.458 e. The van der Waals surface area contributed by atoms with Crippen molar-refractivity contribution in [3.63, 3.8) is 0 Å². The van der Waals surface area contributed by atoms with Crippen LogP contribution in [-0.2, 0) is 19.1 Å². The lowest BCUT2D eigenvalue weighted by Gasteiger charge is -2.47. The van der Waals surface area contributed by atoms with Crippen molar-refractivity contribution in [1.29, 1.82) is 0 Å². The predicted octanol–water partition coefficient (Wildman–Crippen LogP) is 4.59. The summed E-state index contributed by atoms with van der Waals surface area (Å²) < 4.78 is 9.44. The molecule has 3 unspecified atom stereocenters. The number of fused-ring (bicyclic) bond motifs is 1. The summed E-state index contributed by atoms with van der Waals surface area (Å²) >= 11 is 0. The summed E-state index contributed by atoms with van der Waals surface area (Å²) in [6.45, 7) is 12.3. The SMILES string of the molecule is C=C1CCC2C(CCCC2(C)C)C1.CC(=O)OC(C)C1=CCOC1=O. The maximum atomic E-state index is 10.9. The Morgan fingerprint density at radius 1 is 1.40 bits per heavy atom. The van der Waals surface area contributed by atoms with Crippen molar-refractivity contribution in [2.45, 2.75) is 72.3 Å². The molecule has 0 bridgehead atoms. The predicted molar refractivity (Wildman–Crippen MR) is 97.9 cm³/mol. The monoisotopic (exact) mass is 348 g/mol. The highest BCUT2D eigenvalue weighted by Gasteiger charge is 2.40. The van der Waals surface area contributed by atoms with E-state index in [2.05, 4.69) is 25.2 Å². The van der Waals surface area contributed by atoms with Crippen LogP contribution in [0.1, 0.15) is 66.2 Å². The van der Waals surface area contributed by atoms with Gasteiger partial charge in [-0.15, -0.1) is 0 Å². The molecule has 3 atom stereocenters. The highest BCUT2D eigenvalue weighted by atomic mass is 16.6. The van der Waals surface area contributed by atoms with Gasteiger partial charge in [-0.05, 0) is 62.4 Å². The minimum Gasteiger partial charge on any atom is -0.458 e. The van der Waals surface area contributed by atoms with Crippen LogP contribution in [0.2, 0.25) is 0 Å². The van der Waals surface area contributed by atoms with E-state index in [4.69, 9.17) is 4.74 Å². The van der Waals surface area contributed by atoms with Crippen LogP contribution in [0.5, 0.6) is 0 Å². The molecule has 0 spiro atoms. The summed E-state index contributed by atoms with van der Waals surface area (Å²) in [6.07, 6.45) is 9.51. The lowest BCUT2D eigenvalue weighted by molar-refractivity contribution is -0.145. The highest BCUT2D eigenvalue weighted by Crippen LogP contribution is 2.51. The van der Waals surface area contributed by atoms with E-state index in [9.17, 15) is 9.59 Å². The van der Waals surface area contributed by atoms with Crippen LogP contribution < -0.4 is 0 Å². The Morgan fingerprint density at radius 3 is 2.72 bits per heavy atom. The molecular weight excluding hydrogens is 316 g/mol. The zero-order valence-corrected chi connectivity index (χ0v) is 16.1. The Kier molecular flexibility index (Phi) is 6.47. The third kappa shape index (κ3) is 5.20. The van der Waals surface area contributed by atoms with Crippen LogP contribution in [0, 0.1) is 17.3 Å². The van der Waals surface area contributed by atoms with E-state index in [1.54, 1.807) is 13.0 Å². The third-order valence-corrected chi connectivity index (χ3v) is 5.86. The number of cyclic esters (lactones) is 1. The molecule has 2 fully saturated rings. The number of carbonyl (C=O) groups is 2. The van der Waals surface area contributed by atoms with Gasteiger partial charge in [0.05, 0.1) is 5.57 Å². The first-order chi connectivity index (χ1) is 11.7. The second kappa shape index (κ2) is 8.20. The van der Waals surface area contributed by atoms with Crippen molar-refractivity contribution in [2.75, 3.05) is 6.61 Å². The molecule has 4 nitrogen and oxygen atoms in total. The van der Waals surface area contributed by atoms with Crippen molar-refractivity contribution in [2.24, 2.45) is 17.3 Å². The summed E-state index contributed by atoms with van der Waals surface area (Å²) in [5.74, 6) is 1.17. The molecule has 4 heteroatoms. The summed E-state index contributed by atoms with van der Waals surface area (Å²) in [6, 6.07) is 0. The van der Waals surface area contributed by atoms with Gasteiger partial charge in [-0.1, -0.05) is 32.4 Å². The maximum absolute atomic E-state index is 10.9. The fourth-order valence-corrected chi connectivity index (χ4v) is 4.57. The minimum absolute atomic E-state index is 0.278. The molecule has 0 aromatic heterocycles. The molecule has 0 amide bonds. The van der Waals surface area contributed by atoms with Crippen LogP contribution in [0.15, 0.2) is 23.8 Å². The maximum Gasteiger partial charge on any atom is 0.337 e. The highest BCUT2D eigenvalue weighted by molar-refractivity contribution is 5.91. The molecule has 3 rings (SSSR count). The average molecular weight is 348 g/mol. The third-order valence-electron chi connectivity index (χ3n) is 5.86. The van der Waals surface area contributed by atoms with Crippen LogP contribution in [0.3, 0.4) is 0 Å². The Balaban J connectivity index is 0.000000181. The van der Waals surface area contributed by atoms with E-state index in [0.717, 1.165) is 11.8 Å². The minimum atomic E-state index is -0.502. The van der Waals surface area contributed by atoms with Gasteiger partial charge in [-0.25, -0.2) is 4.79 Å². The summed E-state index contributed by atoms with van der Waals surface area (Å²) in [4.78, 5) is 21.4. The van der Waals surface area contributed by atoms with Crippen molar-refractivity contribution in [1.82, 2.24) is 0 Å². The Labute approximate surface area is 151 Å². The number of allylic oxidation sites excluding steroid dienone is 1. The lowest BCUT2D eigenvalue weighted by Crippen LogP contribution is -2.37. The van der Waals surface area contributed by atoms with Crippen molar-refractivity contribution in [3.05, 3.63) is 23.8 Å². The molecule has 25 heavy (non-hydrogen) atoms. The van der Waals surface area contributed by atoms with Gasteiger partial charge >= 0.3 is 11.9 Å². The fraction of sp³-hybridized carbons (Fsp3) is 0.714. The van der Waals surface area contributed by atoms with Gasteiger partial charge in [0.25, 0.3) is 0 Å². The topological polar surface area (TPSA) is 52.6 Å².